The number of nitrogens with one attached hydrogen (secondary N) is 1. The van der Waals surface area contributed by atoms with Crippen molar-refractivity contribution in [3.63, 3.8) is 0 Å². The highest BCUT2D eigenvalue weighted by atomic mass is 35.5. The molecule has 2 heterocycles. The van der Waals surface area contributed by atoms with E-state index in [2.05, 4.69) is 40.7 Å². The molecule has 0 bridgehead atoms. The van der Waals surface area contributed by atoms with E-state index in [9.17, 15) is 4.79 Å². The fourth-order valence-electron chi connectivity index (χ4n) is 3.48. The highest BCUT2D eigenvalue weighted by molar-refractivity contribution is 6.30. The summed E-state index contributed by atoms with van der Waals surface area (Å²) in [4.78, 5) is 14.4. The van der Waals surface area contributed by atoms with Gasteiger partial charge in [0.05, 0.1) is 24.4 Å². The van der Waals surface area contributed by atoms with E-state index in [0.717, 1.165) is 28.1 Å². The zero-order valence-corrected chi connectivity index (χ0v) is 16.3. The number of hydrogen-bond donors (Lipinski definition) is 1. The lowest BCUT2D eigenvalue weighted by Crippen LogP contribution is -2.34. The Hall–Kier alpha value is -2.98. The Labute approximate surface area is 169 Å². The van der Waals surface area contributed by atoms with Crippen molar-refractivity contribution in [1.82, 2.24) is 10.2 Å². The Morgan fingerprint density at radius 3 is 2.57 bits per heavy atom. The van der Waals surface area contributed by atoms with E-state index in [-0.39, 0.29) is 18.6 Å². The largest absolute Gasteiger partial charge is 0.466 e. The van der Waals surface area contributed by atoms with Crippen LogP contribution in [0.4, 0.5) is 0 Å². The van der Waals surface area contributed by atoms with Crippen molar-refractivity contribution in [2.45, 2.75) is 19.5 Å². The second kappa shape index (κ2) is 7.95. The molecule has 1 atom stereocenters. The van der Waals surface area contributed by atoms with Crippen LogP contribution in [0.5, 0.6) is 0 Å². The molecule has 0 aromatic heterocycles. The smallest absolute Gasteiger partial charge is 0.311 e. The first kappa shape index (κ1) is 18.4. The molecule has 0 aliphatic carbocycles. The summed E-state index contributed by atoms with van der Waals surface area (Å²) in [5.74, 6) is -0.240. The molecule has 0 fully saturated rings. The number of carbonyl (C=O) groups is 1. The van der Waals surface area contributed by atoms with E-state index in [1.54, 1.807) is 0 Å². The molecule has 0 saturated heterocycles. The van der Waals surface area contributed by atoms with Crippen LogP contribution in [0.2, 0.25) is 5.02 Å². The van der Waals surface area contributed by atoms with E-state index in [0.29, 0.717) is 11.6 Å². The molecule has 4 nitrogen and oxygen atoms in total. The van der Waals surface area contributed by atoms with Gasteiger partial charge in [-0.3, -0.25) is 4.79 Å². The van der Waals surface area contributed by atoms with E-state index in [1.807, 2.05) is 49.4 Å². The number of fused-ring (bicyclic) bond motifs is 1. The third-order valence-corrected chi connectivity index (χ3v) is 5.04. The molecule has 28 heavy (non-hydrogen) atoms. The SMILES string of the molecule is CCOC(=O)CC1=C(c2ccc(Cl)cc2)NC2C=CC(c3ccccc3)=CN12. The highest BCUT2D eigenvalue weighted by Crippen LogP contribution is 2.35. The summed E-state index contributed by atoms with van der Waals surface area (Å²) >= 11 is 6.05. The van der Waals surface area contributed by atoms with E-state index < -0.39 is 0 Å². The molecule has 0 radical (unpaired) electrons. The average Bonchev–Trinajstić information content (AvgIpc) is 3.07. The van der Waals surface area contributed by atoms with Crippen LogP contribution >= 0.6 is 11.6 Å². The molecule has 1 unspecified atom stereocenters. The summed E-state index contributed by atoms with van der Waals surface area (Å²) < 4.78 is 5.21. The first-order valence-corrected chi connectivity index (χ1v) is 9.68. The molecule has 4 rings (SSSR count). The van der Waals surface area contributed by atoms with Gasteiger partial charge in [0.2, 0.25) is 0 Å². The Kier molecular flexibility index (Phi) is 5.22. The Bertz CT molecular complexity index is 962. The van der Waals surface area contributed by atoms with Crippen LogP contribution in [0.3, 0.4) is 0 Å². The summed E-state index contributed by atoms with van der Waals surface area (Å²) in [7, 11) is 0. The van der Waals surface area contributed by atoms with Crippen LogP contribution in [-0.4, -0.2) is 23.6 Å². The van der Waals surface area contributed by atoms with E-state index in [1.165, 1.54) is 0 Å². The summed E-state index contributed by atoms with van der Waals surface area (Å²) in [6.45, 7) is 2.18. The normalized spacial score (nSPS) is 17.9. The molecule has 0 spiro atoms. The van der Waals surface area contributed by atoms with Crippen LogP contribution in [-0.2, 0) is 9.53 Å². The number of benzene rings is 2. The lowest BCUT2D eigenvalue weighted by atomic mass is 10.0. The molecule has 2 aliphatic heterocycles. The monoisotopic (exact) mass is 392 g/mol. The van der Waals surface area contributed by atoms with Crippen molar-refractivity contribution in [2.24, 2.45) is 0 Å². The van der Waals surface area contributed by atoms with Crippen molar-refractivity contribution in [3.8, 4) is 0 Å². The van der Waals surface area contributed by atoms with Crippen molar-refractivity contribution in [1.29, 1.82) is 0 Å². The fourth-order valence-corrected chi connectivity index (χ4v) is 3.61. The molecular weight excluding hydrogens is 372 g/mol. The van der Waals surface area contributed by atoms with Gasteiger partial charge in [-0.05, 0) is 41.8 Å². The minimum atomic E-state index is -0.240. The van der Waals surface area contributed by atoms with Gasteiger partial charge in [-0.1, -0.05) is 60.1 Å². The minimum absolute atomic E-state index is 0.0393. The van der Waals surface area contributed by atoms with Crippen LogP contribution in [0.1, 0.15) is 24.5 Å². The molecular formula is C23H21ClN2O2. The van der Waals surface area contributed by atoms with Crippen LogP contribution < -0.4 is 5.32 Å². The summed E-state index contributed by atoms with van der Waals surface area (Å²) in [5.41, 5.74) is 5.03. The van der Waals surface area contributed by atoms with Gasteiger partial charge < -0.3 is 15.0 Å². The van der Waals surface area contributed by atoms with E-state index in [4.69, 9.17) is 16.3 Å². The maximum atomic E-state index is 12.3. The van der Waals surface area contributed by atoms with Gasteiger partial charge in [0, 0.05) is 11.2 Å². The molecule has 142 valence electrons. The predicted octanol–water partition coefficient (Wildman–Crippen LogP) is 4.80. The zero-order chi connectivity index (χ0) is 19.5. The van der Waals surface area contributed by atoms with Gasteiger partial charge in [-0.2, -0.15) is 0 Å². The number of ether oxygens (including phenoxy) is 1. The second-order valence-corrected chi connectivity index (χ2v) is 7.05. The zero-order valence-electron chi connectivity index (χ0n) is 15.6. The Balaban J connectivity index is 1.74. The topological polar surface area (TPSA) is 41.6 Å². The molecule has 2 aromatic rings. The van der Waals surface area contributed by atoms with Crippen molar-refractivity contribution >= 4 is 28.8 Å². The summed E-state index contributed by atoms with van der Waals surface area (Å²) in [6, 6.07) is 17.8. The lowest BCUT2D eigenvalue weighted by molar-refractivity contribution is -0.142. The average molecular weight is 393 g/mol. The standard InChI is InChI=1S/C23H21ClN2O2/c1-2-28-22(27)14-20-23(17-8-11-19(24)12-9-17)25-21-13-10-18(15-26(20)21)16-6-4-3-5-7-16/h3-13,15,21,25H,2,14H2,1H3. The van der Waals surface area contributed by atoms with Gasteiger partial charge >= 0.3 is 5.97 Å². The number of allylic oxidation sites excluding steroid dienone is 2. The van der Waals surface area contributed by atoms with Crippen molar-refractivity contribution in [2.75, 3.05) is 6.61 Å². The van der Waals surface area contributed by atoms with Gasteiger partial charge in [0.1, 0.15) is 6.17 Å². The van der Waals surface area contributed by atoms with Crippen LogP contribution in [0, 0.1) is 0 Å². The Morgan fingerprint density at radius 2 is 1.86 bits per heavy atom. The third-order valence-electron chi connectivity index (χ3n) is 4.79. The number of hydrogen-bond acceptors (Lipinski definition) is 4. The molecule has 5 heteroatoms. The number of halogens is 1. The number of rotatable bonds is 5. The molecule has 2 aromatic carbocycles. The first-order chi connectivity index (χ1) is 13.7. The van der Waals surface area contributed by atoms with E-state index >= 15 is 0 Å². The van der Waals surface area contributed by atoms with Gasteiger partial charge in [-0.25, -0.2) is 0 Å². The highest BCUT2D eigenvalue weighted by Gasteiger charge is 2.32. The second-order valence-electron chi connectivity index (χ2n) is 6.62. The van der Waals surface area contributed by atoms with Crippen LogP contribution in [0.15, 0.2) is 78.6 Å². The maximum Gasteiger partial charge on any atom is 0.311 e. The van der Waals surface area contributed by atoms with Crippen LogP contribution in [0.25, 0.3) is 11.3 Å². The molecule has 1 N–H and O–H groups in total. The minimum Gasteiger partial charge on any atom is -0.466 e. The fraction of sp³-hybridized carbons (Fsp3) is 0.174. The molecule has 2 aliphatic rings. The predicted molar refractivity (Wildman–Crippen MR) is 112 cm³/mol. The lowest BCUT2D eigenvalue weighted by Gasteiger charge is -2.27. The molecule has 0 saturated carbocycles. The van der Waals surface area contributed by atoms with Crippen molar-refractivity contribution < 1.29 is 9.53 Å². The van der Waals surface area contributed by atoms with Gasteiger partial charge in [-0.15, -0.1) is 0 Å². The number of carbonyl (C=O) groups excluding carboxylic acids is 1. The first-order valence-electron chi connectivity index (χ1n) is 9.30. The van der Waals surface area contributed by atoms with Crippen molar-refractivity contribution in [3.05, 3.63) is 94.8 Å². The molecule has 0 amide bonds. The number of esters is 1. The summed E-state index contributed by atoms with van der Waals surface area (Å²) in [5, 5.41) is 4.20. The Morgan fingerprint density at radius 1 is 1.11 bits per heavy atom. The summed E-state index contributed by atoms with van der Waals surface area (Å²) in [6.07, 6.45) is 6.46. The van der Waals surface area contributed by atoms with Gasteiger partial charge in [0.15, 0.2) is 0 Å². The number of nitrogens with zero attached hydrogens (tertiary/aromatic N) is 1. The quantitative estimate of drug-likeness (QED) is 0.742. The third kappa shape index (κ3) is 3.69. The van der Waals surface area contributed by atoms with Gasteiger partial charge in [0.25, 0.3) is 0 Å². The maximum absolute atomic E-state index is 12.3.